The number of benzene rings is 2. The van der Waals surface area contributed by atoms with Crippen LogP contribution in [0, 0.1) is 6.92 Å². The van der Waals surface area contributed by atoms with E-state index in [1.807, 2.05) is 37.3 Å². The number of thiocarbonyl (C=S) groups is 1. The van der Waals surface area contributed by atoms with Gasteiger partial charge in [-0.15, -0.1) is 11.3 Å². The lowest BCUT2D eigenvalue weighted by Gasteiger charge is -2.11. The third kappa shape index (κ3) is 6.04. The molecule has 0 bridgehead atoms. The maximum absolute atomic E-state index is 12.2. The summed E-state index contributed by atoms with van der Waals surface area (Å²) >= 11 is 12.6. The van der Waals surface area contributed by atoms with E-state index in [-0.39, 0.29) is 11.7 Å². The van der Waals surface area contributed by atoms with Gasteiger partial charge in [-0.1, -0.05) is 54.1 Å². The molecule has 2 aromatic carbocycles. The summed E-state index contributed by atoms with van der Waals surface area (Å²) in [5, 5.41) is 6.39. The summed E-state index contributed by atoms with van der Waals surface area (Å²) in [5.41, 5.74) is 7.86. The number of hydrogen-bond acceptors (Lipinski definition) is 5. The molecule has 0 unspecified atom stereocenters. The summed E-state index contributed by atoms with van der Waals surface area (Å²) in [6, 6.07) is 16.7. The molecule has 9 heteroatoms. The van der Waals surface area contributed by atoms with Crippen LogP contribution in [0.1, 0.15) is 26.4 Å². The molecule has 0 aliphatic carbocycles. The number of hydrogen-bond donors (Lipinski definition) is 3. The van der Waals surface area contributed by atoms with Gasteiger partial charge in [0.15, 0.2) is 11.7 Å². The predicted molar refractivity (Wildman–Crippen MR) is 128 cm³/mol. The minimum absolute atomic E-state index is 0.0442. The second kappa shape index (κ2) is 10.4. The zero-order valence-electron chi connectivity index (χ0n) is 16.6. The van der Waals surface area contributed by atoms with E-state index >= 15 is 0 Å². The van der Waals surface area contributed by atoms with Crippen LogP contribution in [0.25, 0.3) is 0 Å². The van der Waals surface area contributed by atoms with Crippen molar-refractivity contribution in [1.29, 1.82) is 0 Å². The first-order valence-corrected chi connectivity index (χ1v) is 10.9. The maximum Gasteiger partial charge on any atom is 0.264 e. The monoisotopic (exact) mass is 473 g/mol. The Morgan fingerprint density at radius 1 is 1.13 bits per heavy atom. The van der Waals surface area contributed by atoms with Gasteiger partial charge < -0.3 is 15.8 Å². The van der Waals surface area contributed by atoms with Gasteiger partial charge in [0.25, 0.3) is 11.8 Å². The lowest BCUT2D eigenvalue weighted by atomic mass is 10.1. The van der Waals surface area contributed by atoms with E-state index in [1.165, 1.54) is 11.3 Å². The number of thiophene rings is 1. The van der Waals surface area contributed by atoms with E-state index in [4.69, 9.17) is 34.3 Å². The highest BCUT2D eigenvalue weighted by Crippen LogP contribution is 2.34. The topological polar surface area (TPSA) is 93.4 Å². The van der Waals surface area contributed by atoms with Gasteiger partial charge in [-0.3, -0.25) is 14.9 Å². The Balaban J connectivity index is 1.66. The van der Waals surface area contributed by atoms with Crippen molar-refractivity contribution >= 4 is 57.1 Å². The number of primary amides is 1. The Morgan fingerprint density at radius 2 is 1.81 bits per heavy atom. The van der Waals surface area contributed by atoms with E-state index in [0.717, 1.165) is 16.0 Å². The first-order chi connectivity index (χ1) is 14.8. The highest BCUT2D eigenvalue weighted by Gasteiger charge is 2.20. The van der Waals surface area contributed by atoms with Crippen molar-refractivity contribution in [2.24, 2.45) is 5.73 Å². The van der Waals surface area contributed by atoms with Crippen LogP contribution in [0.3, 0.4) is 0 Å². The minimum Gasteiger partial charge on any atom is -0.482 e. The smallest absolute Gasteiger partial charge is 0.264 e. The van der Waals surface area contributed by atoms with Gasteiger partial charge >= 0.3 is 0 Å². The van der Waals surface area contributed by atoms with Gasteiger partial charge in [-0.05, 0) is 42.4 Å². The molecular weight excluding hydrogens is 454 g/mol. The van der Waals surface area contributed by atoms with Crippen LogP contribution < -0.4 is 21.1 Å². The number of para-hydroxylation sites is 1. The predicted octanol–water partition coefficient (Wildman–Crippen LogP) is 4.29. The SMILES string of the molecule is Cc1c(Cc2ccccc2)sc(NC(=S)NC(=O)COc2ccccc2Cl)c1C(N)=O. The molecule has 1 aromatic heterocycles. The number of rotatable bonds is 7. The van der Waals surface area contributed by atoms with E-state index in [2.05, 4.69) is 10.6 Å². The normalized spacial score (nSPS) is 10.4. The number of anilines is 1. The number of carbonyl (C=O) groups is 2. The highest BCUT2D eigenvalue weighted by molar-refractivity contribution is 7.80. The van der Waals surface area contributed by atoms with Gasteiger partial charge in [0.1, 0.15) is 10.8 Å². The van der Waals surface area contributed by atoms with Gasteiger partial charge in [0.05, 0.1) is 10.6 Å². The number of nitrogens with two attached hydrogens (primary N) is 1. The van der Waals surface area contributed by atoms with Gasteiger partial charge in [-0.25, -0.2) is 0 Å². The lowest BCUT2D eigenvalue weighted by molar-refractivity contribution is -0.121. The van der Waals surface area contributed by atoms with Gasteiger partial charge in [0.2, 0.25) is 0 Å². The maximum atomic E-state index is 12.2. The third-order valence-corrected chi connectivity index (χ3v) is 6.10. The van der Waals surface area contributed by atoms with Crippen molar-refractivity contribution in [3.8, 4) is 5.75 Å². The first-order valence-electron chi connectivity index (χ1n) is 9.29. The Morgan fingerprint density at radius 3 is 2.48 bits per heavy atom. The van der Waals surface area contributed by atoms with Crippen LogP contribution in [0.2, 0.25) is 5.02 Å². The molecular formula is C22H20ClN3O3S2. The molecule has 0 saturated carbocycles. The summed E-state index contributed by atoms with van der Waals surface area (Å²) < 4.78 is 5.40. The molecule has 0 spiro atoms. The first kappa shape index (κ1) is 22.7. The molecule has 160 valence electrons. The molecule has 0 fully saturated rings. The molecule has 0 atom stereocenters. The quantitative estimate of drug-likeness (QED) is 0.445. The van der Waals surface area contributed by atoms with Crippen molar-refractivity contribution in [2.45, 2.75) is 13.3 Å². The Labute approximate surface area is 194 Å². The summed E-state index contributed by atoms with van der Waals surface area (Å²) in [6.07, 6.45) is 0.657. The van der Waals surface area contributed by atoms with E-state index < -0.39 is 11.8 Å². The summed E-state index contributed by atoms with van der Waals surface area (Å²) in [5.74, 6) is -0.629. The van der Waals surface area contributed by atoms with E-state index in [0.29, 0.717) is 27.8 Å². The van der Waals surface area contributed by atoms with Crippen molar-refractivity contribution < 1.29 is 14.3 Å². The summed E-state index contributed by atoms with van der Waals surface area (Å²) in [7, 11) is 0. The molecule has 31 heavy (non-hydrogen) atoms. The number of ether oxygens (including phenoxy) is 1. The highest BCUT2D eigenvalue weighted by atomic mass is 35.5. The largest absolute Gasteiger partial charge is 0.482 e. The minimum atomic E-state index is -0.563. The van der Waals surface area contributed by atoms with Gasteiger partial charge in [-0.2, -0.15) is 0 Å². The van der Waals surface area contributed by atoms with Crippen LogP contribution in [0.4, 0.5) is 5.00 Å². The molecule has 0 radical (unpaired) electrons. The van der Waals surface area contributed by atoms with Crippen molar-refractivity contribution in [2.75, 3.05) is 11.9 Å². The molecule has 1 heterocycles. The van der Waals surface area contributed by atoms with Crippen LogP contribution in [-0.4, -0.2) is 23.5 Å². The third-order valence-electron chi connectivity index (χ3n) is 4.37. The molecule has 3 rings (SSSR count). The van der Waals surface area contributed by atoms with Crippen LogP contribution in [-0.2, 0) is 11.2 Å². The number of amides is 2. The average molecular weight is 474 g/mol. The second-order valence-corrected chi connectivity index (χ2v) is 8.52. The zero-order valence-corrected chi connectivity index (χ0v) is 19.0. The molecule has 0 aliphatic heterocycles. The molecule has 2 amide bonds. The Kier molecular flexibility index (Phi) is 7.62. The molecule has 0 saturated heterocycles. The van der Waals surface area contributed by atoms with Crippen molar-refractivity contribution in [1.82, 2.24) is 5.32 Å². The van der Waals surface area contributed by atoms with Gasteiger partial charge in [0, 0.05) is 11.3 Å². The molecule has 4 N–H and O–H groups in total. The number of halogens is 1. The van der Waals surface area contributed by atoms with Crippen molar-refractivity contribution in [3.63, 3.8) is 0 Å². The molecule has 3 aromatic rings. The average Bonchev–Trinajstić information content (AvgIpc) is 3.02. The zero-order chi connectivity index (χ0) is 22.4. The summed E-state index contributed by atoms with van der Waals surface area (Å²) in [4.78, 5) is 25.2. The van der Waals surface area contributed by atoms with Crippen LogP contribution in [0.5, 0.6) is 5.75 Å². The fraction of sp³-hybridized carbons (Fsp3) is 0.136. The number of nitrogens with one attached hydrogen (secondary N) is 2. The Hall–Kier alpha value is -2.94. The second-order valence-electron chi connectivity index (χ2n) is 6.60. The lowest BCUT2D eigenvalue weighted by Crippen LogP contribution is -2.37. The summed E-state index contributed by atoms with van der Waals surface area (Å²) in [6.45, 7) is 1.58. The Bertz CT molecular complexity index is 1120. The van der Waals surface area contributed by atoms with E-state index in [9.17, 15) is 9.59 Å². The van der Waals surface area contributed by atoms with Crippen LogP contribution >= 0.6 is 35.2 Å². The molecule has 6 nitrogen and oxygen atoms in total. The van der Waals surface area contributed by atoms with E-state index in [1.54, 1.807) is 24.3 Å². The standard InChI is InChI=1S/C22H20ClN3O3S2/c1-13-17(11-14-7-3-2-4-8-14)31-21(19(13)20(24)28)26-22(30)25-18(27)12-29-16-10-6-5-9-15(16)23/h2-10H,11-12H2,1H3,(H2,24,28)(H2,25,26,27,30). The van der Waals surface area contributed by atoms with Crippen LogP contribution in [0.15, 0.2) is 54.6 Å². The van der Waals surface area contributed by atoms with Crippen molar-refractivity contribution in [3.05, 3.63) is 81.2 Å². The number of carbonyl (C=O) groups excluding carboxylic acids is 2. The fourth-order valence-electron chi connectivity index (χ4n) is 2.90. The molecule has 0 aliphatic rings. The fourth-order valence-corrected chi connectivity index (χ4v) is 4.62.